The van der Waals surface area contributed by atoms with E-state index < -0.39 is 37.1 Å². The van der Waals surface area contributed by atoms with Gasteiger partial charge in [0.25, 0.3) is 0 Å². The van der Waals surface area contributed by atoms with Crippen molar-refractivity contribution in [2.45, 2.75) is 22.6 Å². The first-order valence-corrected chi connectivity index (χ1v) is 10.2. The number of methoxy groups -OCH3 is 1. The molecule has 10 heteroatoms. The third kappa shape index (κ3) is 2.20. The van der Waals surface area contributed by atoms with Crippen LogP contribution in [0.25, 0.3) is 0 Å². The molecule has 1 aromatic rings. The first-order valence-electron chi connectivity index (χ1n) is 6.16. The standard InChI is InChI=1S/C11H13NO6S3/c1-18-11(13)10-9(2-3-19-10)21(16,17)12-5-8-4-7(12)6-20(8,14)15/h2-3,7-8H,4-6H2,1H3. The van der Waals surface area contributed by atoms with Gasteiger partial charge in [0.05, 0.1) is 18.1 Å². The van der Waals surface area contributed by atoms with Crippen molar-refractivity contribution in [1.29, 1.82) is 0 Å². The number of thiophene rings is 1. The van der Waals surface area contributed by atoms with Crippen molar-refractivity contribution in [3.8, 4) is 0 Å². The molecule has 2 aliphatic rings. The van der Waals surface area contributed by atoms with Gasteiger partial charge in [-0.25, -0.2) is 21.6 Å². The molecule has 2 aliphatic heterocycles. The summed E-state index contributed by atoms with van der Waals surface area (Å²) in [6.07, 6.45) is 0.333. The maximum absolute atomic E-state index is 12.7. The zero-order chi connectivity index (χ0) is 15.4. The van der Waals surface area contributed by atoms with Gasteiger partial charge in [0.2, 0.25) is 10.0 Å². The van der Waals surface area contributed by atoms with E-state index in [0.717, 1.165) is 11.3 Å². The summed E-state index contributed by atoms with van der Waals surface area (Å²) in [6, 6.07) is 0.822. The first kappa shape index (κ1) is 14.9. The zero-order valence-corrected chi connectivity index (χ0v) is 13.5. The highest BCUT2D eigenvalue weighted by Gasteiger charge is 2.53. The molecule has 3 rings (SSSR count). The number of hydrogen-bond acceptors (Lipinski definition) is 7. The number of esters is 1. The van der Waals surface area contributed by atoms with E-state index in [4.69, 9.17) is 0 Å². The second-order valence-electron chi connectivity index (χ2n) is 5.02. The van der Waals surface area contributed by atoms with E-state index in [9.17, 15) is 21.6 Å². The minimum Gasteiger partial charge on any atom is -0.465 e. The van der Waals surface area contributed by atoms with Gasteiger partial charge < -0.3 is 4.74 Å². The van der Waals surface area contributed by atoms with Crippen molar-refractivity contribution < 1.29 is 26.4 Å². The summed E-state index contributed by atoms with van der Waals surface area (Å²) in [6.45, 7) is -0.0359. The number of carbonyl (C=O) groups excluding carboxylic acids is 1. The van der Waals surface area contributed by atoms with Crippen LogP contribution >= 0.6 is 11.3 Å². The molecule has 2 atom stereocenters. The SMILES string of the molecule is COC(=O)c1sccc1S(=O)(=O)N1CC2CC1CS2(=O)=O. The summed E-state index contributed by atoms with van der Waals surface area (Å²) >= 11 is 0.989. The second kappa shape index (κ2) is 4.77. The van der Waals surface area contributed by atoms with Crippen LogP contribution in [0.2, 0.25) is 0 Å². The minimum atomic E-state index is -3.88. The average Bonchev–Trinajstić information content (AvgIpc) is 3.09. The Hall–Kier alpha value is -0.970. The first-order chi connectivity index (χ1) is 9.77. The molecule has 0 saturated carbocycles. The normalized spacial score (nSPS) is 27.9. The van der Waals surface area contributed by atoms with E-state index in [2.05, 4.69) is 4.74 Å². The van der Waals surface area contributed by atoms with Gasteiger partial charge in [-0.1, -0.05) is 0 Å². The largest absolute Gasteiger partial charge is 0.465 e. The molecule has 2 fully saturated rings. The second-order valence-corrected chi connectivity index (χ2v) is 10.1. The Balaban J connectivity index is 1.97. The molecular weight excluding hydrogens is 338 g/mol. The number of nitrogens with zero attached hydrogens (tertiary/aromatic N) is 1. The van der Waals surface area contributed by atoms with Gasteiger partial charge in [-0.3, -0.25) is 0 Å². The molecule has 2 bridgehead atoms. The lowest BCUT2D eigenvalue weighted by atomic mass is 10.3. The molecule has 0 spiro atoms. The third-order valence-corrected chi connectivity index (χ3v) is 9.04. The highest BCUT2D eigenvalue weighted by Crippen LogP contribution is 2.38. The molecular formula is C11H13NO6S3. The maximum Gasteiger partial charge on any atom is 0.349 e. The van der Waals surface area contributed by atoms with Crippen LogP contribution in [0.3, 0.4) is 0 Å². The molecule has 0 N–H and O–H groups in total. The summed E-state index contributed by atoms with van der Waals surface area (Å²) in [4.78, 5) is 11.5. The van der Waals surface area contributed by atoms with Crippen LogP contribution in [0.4, 0.5) is 0 Å². The van der Waals surface area contributed by atoms with Crippen molar-refractivity contribution in [2.24, 2.45) is 0 Å². The molecule has 0 radical (unpaired) electrons. The average molecular weight is 351 g/mol. The number of ether oxygens (including phenoxy) is 1. The van der Waals surface area contributed by atoms with Crippen molar-refractivity contribution >= 4 is 37.2 Å². The van der Waals surface area contributed by atoms with Gasteiger partial charge in [0.15, 0.2) is 9.84 Å². The Morgan fingerprint density at radius 3 is 2.71 bits per heavy atom. The van der Waals surface area contributed by atoms with Crippen molar-refractivity contribution in [2.75, 3.05) is 19.4 Å². The molecule has 2 saturated heterocycles. The number of sulfonamides is 1. The van der Waals surface area contributed by atoms with E-state index in [0.29, 0.717) is 6.42 Å². The Morgan fingerprint density at radius 2 is 2.19 bits per heavy atom. The fraction of sp³-hybridized carbons (Fsp3) is 0.545. The van der Waals surface area contributed by atoms with E-state index in [-0.39, 0.29) is 22.1 Å². The molecule has 116 valence electrons. The Morgan fingerprint density at radius 1 is 1.48 bits per heavy atom. The van der Waals surface area contributed by atoms with Crippen LogP contribution in [0.1, 0.15) is 16.1 Å². The lowest BCUT2D eigenvalue weighted by Gasteiger charge is -2.25. The zero-order valence-electron chi connectivity index (χ0n) is 11.1. The van der Waals surface area contributed by atoms with Crippen LogP contribution in [0, 0.1) is 0 Å². The summed E-state index contributed by atoms with van der Waals surface area (Å²) in [5, 5.41) is 0.877. The Kier molecular flexibility index (Phi) is 3.39. The van der Waals surface area contributed by atoms with Gasteiger partial charge in [-0.2, -0.15) is 4.31 Å². The molecule has 2 unspecified atom stereocenters. The Labute approximate surface area is 126 Å². The lowest BCUT2D eigenvalue weighted by Crippen LogP contribution is -2.44. The van der Waals surface area contributed by atoms with Crippen molar-refractivity contribution in [3.05, 3.63) is 16.3 Å². The smallest absolute Gasteiger partial charge is 0.349 e. The fourth-order valence-electron chi connectivity index (χ4n) is 2.82. The van der Waals surface area contributed by atoms with Gasteiger partial charge in [-0.15, -0.1) is 11.3 Å². The minimum absolute atomic E-state index is 0.0168. The van der Waals surface area contributed by atoms with Gasteiger partial charge in [0.1, 0.15) is 9.77 Å². The van der Waals surface area contributed by atoms with Crippen LogP contribution in [-0.2, 0) is 24.6 Å². The Bertz CT molecular complexity index is 794. The van der Waals surface area contributed by atoms with Crippen molar-refractivity contribution in [3.63, 3.8) is 0 Å². The van der Waals surface area contributed by atoms with Crippen molar-refractivity contribution in [1.82, 2.24) is 4.31 Å². The predicted molar refractivity (Wildman–Crippen MR) is 75.5 cm³/mol. The fourth-order valence-corrected chi connectivity index (χ4v) is 8.03. The van der Waals surface area contributed by atoms with Crippen LogP contribution in [-0.4, -0.2) is 57.8 Å². The number of carbonyl (C=O) groups is 1. The molecule has 7 nitrogen and oxygen atoms in total. The van der Waals surface area contributed by atoms with Crippen LogP contribution in [0.5, 0.6) is 0 Å². The summed E-state index contributed by atoms with van der Waals surface area (Å²) in [5.74, 6) is -0.852. The molecule has 3 heterocycles. The van der Waals surface area contributed by atoms with E-state index in [1.54, 1.807) is 0 Å². The third-order valence-electron chi connectivity index (χ3n) is 3.84. The number of sulfone groups is 1. The van der Waals surface area contributed by atoms with E-state index in [1.165, 1.54) is 22.9 Å². The highest BCUT2D eigenvalue weighted by atomic mass is 32.2. The molecule has 1 aromatic heterocycles. The van der Waals surface area contributed by atoms with Gasteiger partial charge in [0, 0.05) is 12.6 Å². The number of rotatable bonds is 3. The highest BCUT2D eigenvalue weighted by molar-refractivity contribution is 7.93. The van der Waals surface area contributed by atoms with Gasteiger partial charge >= 0.3 is 5.97 Å². The van der Waals surface area contributed by atoms with E-state index >= 15 is 0 Å². The van der Waals surface area contributed by atoms with Gasteiger partial charge in [-0.05, 0) is 17.9 Å². The van der Waals surface area contributed by atoms with Crippen LogP contribution < -0.4 is 0 Å². The number of hydrogen-bond donors (Lipinski definition) is 0. The van der Waals surface area contributed by atoms with E-state index in [1.807, 2.05) is 0 Å². The summed E-state index contributed by atoms with van der Waals surface area (Å²) in [5.41, 5.74) is 0. The molecule has 0 aromatic carbocycles. The molecule has 0 amide bonds. The molecule has 0 aliphatic carbocycles. The monoisotopic (exact) mass is 351 g/mol. The quantitative estimate of drug-likeness (QED) is 0.716. The predicted octanol–water partition coefficient (Wildman–Crippen LogP) is 0.0947. The summed E-state index contributed by atoms with van der Waals surface area (Å²) < 4.78 is 54.5. The number of fused-ring (bicyclic) bond motifs is 2. The topological polar surface area (TPSA) is 97.8 Å². The maximum atomic E-state index is 12.7. The summed E-state index contributed by atoms with van der Waals surface area (Å²) in [7, 11) is -5.88. The van der Waals surface area contributed by atoms with Crippen LogP contribution in [0.15, 0.2) is 16.3 Å². The lowest BCUT2D eigenvalue weighted by molar-refractivity contribution is 0.0602. The molecule has 21 heavy (non-hydrogen) atoms.